The van der Waals surface area contributed by atoms with Gasteiger partial charge in [0.2, 0.25) is 0 Å². The summed E-state index contributed by atoms with van der Waals surface area (Å²) < 4.78 is 0. The number of rotatable bonds is 5. The molecule has 1 aliphatic carbocycles. The summed E-state index contributed by atoms with van der Waals surface area (Å²) in [6.45, 7) is 2.57. The molecule has 4 nitrogen and oxygen atoms in total. The number of pyridine rings is 1. The highest BCUT2D eigenvalue weighted by molar-refractivity contribution is 5.67. The van der Waals surface area contributed by atoms with E-state index in [1.165, 1.54) is 0 Å². The maximum atomic E-state index is 10.6. The molecule has 0 bridgehead atoms. The average Bonchev–Trinajstić information content (AvgIpc) is 3.04. The molecule has 0 aromatic carbocycles. The lowest BCUT2D eigenvalue weighted by Gasteiger charge is -2.24. The zero-order valence-corrected chi connectivity index (χ0v) is 9.39. The van der Waals surface area contributed by atoms with E-state index in [0.717, 1.165) is 24.2 Å². The summed E-state index contributed by atoms with van der Waals surface area (Å²) in [5.74, 6) is 0.186. The van der Waals surface area contributed by atoms with Gasteiger partial charge in [-0.25, -0.2) is 4.98 Å². The van der Waals surface area contributed by atoms with Gasteiger partial charge >= 0.3 is 5.97 Å². The molecule has 1 N–H and O–H groups in total. The minimum atomic E-state index is -0.751. The minimum Gasteiger partial charge on any atom is -0.481 e. The molecule has 0 aliphatic heterocycles. The number of nitrogens with zero attached hydrogens (tertiary/aromatic N) is 2. The Hall–Kier alpha value is -1.58. The van der Waals surface area contributed by atoms with Crippen molar-refractivity contribution in [1.29, 1.82) is 0 Å². The van der Waals surface area contributed by atoms with Crippen molar-refractivity contribution in [3.63, 3.8) is 0 Å². The van der Waals surface area contributed by atoms with Crippen LogP contribution >= 0.6 is 0 Å². The number of carboxylic acids is 1. The molecule has 1 aliphatic rings. The number of aromatic nitrogens is 1. The Balaban J connectivity index is 2.12. The number of hydrogen-bond acceptors (Lipinski definition) is 3. The van der Waals surface area contributed by atoms with E-state index < -0.39 is 5.97 Å². The van der Waals surface area contributed by atoms with Gasteiger partial charge in [-0.2, -0.15) is 0 Å². The van der Waals surface area contributed by atoms with Crippen molar-refractivity contribution in [2.45, 2.75) is 32.2 Å². The summed E-state index contributed by atoms with van der Waals surface area (Å²) in [6.07, 6.45) is 4.23. The molecule has 1 heterocycles. The van der Waals surface area contributed by atoms with Gasteiger partial charge in [0.25, 0.3) is 0 Å². The molecule has 86 valence electrons. The quantitative estimate of drug-likeness (QED) is 0.822. The lowest BCUT2D eigenvalue weighted by molar-refractivity contribution is -0.136. The van der Waals surface area contributed by atoms with Crippen LogP contribution in [0.2, 0.25) is 0 Å². The number of carboxylic acid groups (broad SMARTS) is 1. The van der Waals surface area contributed by atoms with E-state index >= 15 is 0 Å². The summed E-state index contributed by atoms with van der Waals surface area (Å²) in [7, 11) is 0. The van der Waals surface area contributed by atoms with Crippen molar-refractivity contribution in [3.8, 4) is 0 Å². The monoisotopic (exact) mass is 220 g/mol. The summed E-state index contributed by atoms with van der Waals surface area (Å²) in [5, 5.41) is 8.73. The highest BCUT2D eigenvalue weighted by Gasteiger charge is 2.30. The van der Waals surface area contributed by atoms with Crippen LogP contribution in [0.4, 0.5) is 5.82 Å². The van der Waals surface area contributed by atoms with Crippen molar-refractivity contribution in [2.24, 2.45) is 0 Å². The number of aryl methyl sites for hydroxylation is 1. The predicted molar refractivity (Wildman–Crippen MR) is 61.6 cm³/mol. The maximum Gasteiger partial charge on any atom is 0.305 e. The lowest BCUT2D eigenvalue weighted by Crippen LogP contribution is -2.29. The zero-order chi connectivity index (χ0) is 11.5. The topological polar surface area (TPSA) is 53.4 Å². The molecule has 0 atom stereocenters. The highest BCUT2D eigenvalue weighted by Crippen LogP contribution is 2.31. The molecule has 0 unspecified atom stereocenters. The SMILES string of the molecule is Cc1cccnc1N(CCC(=O)O)C1CC1. The van der Waals surface area contributed by atoms with Gasteiger partial charge in [-0.3, -0.25) is 4.79 Å². The van der Waals surface area contributed by atoms with Crippen LogP contribution in [0, 0.1) is 6.92 Å². The molecule has 2 rings (SSSR count). The Morgan fingerprint density at radius 2 is 2.38 bits per heavy atom. The number of hydrogen-bond donors (Lipinski definition) is 1. The van der Waals surface area contributed by atoms with Crippen molar-refractivity contribution in [3.05, 3.63) is 23.9 Å². The highest BCUT2D eigenvalue weighted by atomic mass is 16.4. The van der Waals surface area contributed by atoms with Crippen molar-refractivity contribution in [2.75, 3.05) is 11.4 Å². The van der Waals surface area contributed by atoms with Gasteiger partial charge in [-0.15, -0.1) is 0 Å². The molecule has 0 spiro atoms. The van der Waals surface area contributed by atoms with Crippen LogP contribution in [0.3, 0.4) is 0 Å². The van der Waals surface area contributed by atoms with Crippen LogP contribution in [-0.4, -0.2) is 28.6 Å². The van der Waals surface area contributed by atoms with Crippen molar-refractivity contribution >= 4 is 11.8 Å². The van der Waals surface area contributed by atoms with E-state index in [2.05, 4.69) is 9.88 Å². The fourth-order valence-corrected chi connectivity index (χ4v) is 1.84. The first-order chi connectivity index (χ1) is 7.68. The first-order valence-corrected chi connectivity index (χ1v) is 5.58. The first kappa shape index (κ1) is 10.9. The summed E-state index contributed by atoms with van der Waals surface area (Å²) in [6, 6.07) is 4.41. The summed E-state index contributed by atoms with van der Waals surface area (Å²) >= 11 is 0. The molecule has 0 radical (unpaired) electrons. The van der Waals surface area contributed by atoms with Gasteiger partial charge in [0, 0.05) is 18.8 Å². The van der Waals surface area contributed by atoms with E-state index in [1.54, 1.807) is 6.20 Å². The molecule has 1 aromatic rings. The summed E-state index contributed by atoms with van der Waals surface area (Å²) in [4.78, 5) is 17.1. The fraction of sp³-hybridized carbons (Fsp3) is 0.500. The van der Waals surface area contributed by atoms with Crippen LogP contribution < -0.4 is 4.90 Å². The average molecular weight is 220 g/mol. The molecule has 1 aromatic heterocycles. The maximum absolute atomic E-state index is 10.6. The second-order valence-corrected chi connectivity index (χ2v) is 4.21. The standard InChI is InChI=1S/C12H16N2O2/c1-9-3-2-7-13-12(9)14(10-4-5-10)8-6-11(15)16/h2-3,7,10H,4-6,8H2,1H3,(H,15,16). The Morgan fingerprint density at radius 1 is 1.62 bits per heavy atom. The largest absolute Gasteiger partial charge is 0.481 e. The van der Waals surface area contributed by atoms with Crippen LogP contribution in [0.25, 0.3) is 0 Å². The van der Waals surface area contributed by atoms with Crippen molar-refractivity contribution in [1.82, 2.24) is 4.98 Å². The molecular formula is C12H16N2O2. The third kappa shape index (κ3) is 2.51. The number of anilines is 1. The Labute approximate surface area is 94.9 Å². The number of aliphatic carboxylic acids is 1. The molecule has 4 heteroatoms. The molecule has 0 saturated heterocycles. The van der Waals surface area contributed by atoms with E-state index in [0.29, 0.717) is 12.6 Å². The van der Waals surface area contributed by atoms with E-state index in [-0.39, 0.29) is 6.42 Å². The Morgan fingerprint density at radius 3 is 2.94 bits per heavy atom. The van der Waals surface area contributed by atoms with Crippen LogP contribution in [0.5, 0.6) is 0 Å². The molecule has 0 amide bonds. The van der Waals surface area contributed by atoms with Crippen molar-refractivity contribution < 1.29 is 9.90 Å². The van der Waals surface area contributed by atoms with Gasteiger partial charge in [0.1, 0.15) is 5.82 Å². The van der Waals surface area contributed by atoms with Gasteiger partial charge in [0.15, 0.2) is 0 Å². The van der Waals surface area contributed by atoms with E-state index in [9.17, 15) is 4.79 Å². The molecule has 1 fully saturated rings. The molecular weight excluding hydrogens is 204 g/mol. The lowest BCUT2D eigenvalue weighted by atomic mass is 10.2. The first-order valence-electron chi connectivity index (χ1n) is 5.58. The Kier molecular flexibility index (Phi) is 3.08. The van der Waals surface area contributed by atoms with Crippen LogP contribution in [0.15, 0.2) is 18.3 Å². The van der Waals surface area contributed by atoms with E-state index in [4.69, 9.17) is 5.11 Å². The molecule has 16 heavy (non-hydrogen) atoms. The molecule has 1 saturated carbocycles. The summed E-state index contributed by atoms with van der Waals surface area (Å²) in [5.41, 5.74) is 1.11. The zero-order valence-electron chi connectivity index (χ0n) is 9.39. The van der Waals surface area contributed by atoms with Gasteiger partial charge < -0.3 is 10.0 Å². The van der Waals surface area contributed by atoms with Crippen LogP contribution in [-0.2, 0) is 4.79 Å². The normalized spacial score (nSPS) is 14.8. The third-order valence-electron chi connectivity index (χ3n) is 2.81. The Bertz CT molecular complexity index is 388. The second-order valence-electron chi connectivity index (χ2n) is 4.21. The van der Waals surface area contributed by atoms with Gasteiger partial charge in [0.05, 0.1) is 6.42 Å². The number of carbonyl (C=O) groups is 1. The third-order valence-corrected chi connectivity index (χ3v) is 2.81. The smallest absolute Gasteiger partial charge is 0.305 e. The van der Waals surface area contributed by atoms with E-state index in [1.807, 2.05) is 19.1 Å². The minimum absolute atomic E-state index is 0.173. The van der Waals surface area contributed by atoms with Gasteiger partial charge in [-0.05, 0) is 31.4 Å². The fourth-order valence-electron chi connectivity index (χ4n) is 1.84. The predicted octanol–water partition coefficient (Wildman–Crippen LogP) is 1.83. The van der Waals surface area contributed by atoms with Crippen LogP contribution in [0.1, 0.15) is 24.8 Å². The van der Waals surface area contributed by atoms with Gasteiger partial charge in [-0.1, -0.05) is 6.07 Å². The second kappa shape index (κ2) is 4.51.